The van der Waals surface area contributed by atoms with Crippen LogP contribution in [0.25, 0.3) is 11.6 Å². The summed E-state index contributed by atoms with van der Waals surface area (Å²) < 4.78 is 11.7. The third kappa shape index (κ3) is 5.70. The Morgan fingerprint density at radius 2 is 1.67 bits per heavy atom. The number of nitrogens with zero attached hydrogens (tertiary/aromatic N) is 1. The van der Waals surface area contributed by atoms with Gasteiger partial charge in [0.15, 0.2) is 11.5 Å². The van der Waals surface area contributed by atoms with E-state index in [9.17, 15) is 5.26 Å². The van der Waals surface area contributed by atoms with Gasteiger partial charge < -0.3 is 9.47 Å². The van der Waals surface area contributed by atoms with Gasteiger partial charge in [0.2, 0.25) is 0 Å². The number of ether oxygens (including phenoxy) is 2. The Morgan fingerprint density at radius 1 is 0.900 bits per heavy atom. The standard InChI is InChI=1S/C24H18Cl3NO2/c1-2-29-24-12-17(11-19(14-28)18-6-9-21(26)22(27)13-18)5-10-23(24)30-15-16-3-7-20(25)8-4-16/h3-13H,2,15H2,1H3/b19-11-. The lowest BCUT2D eigenvalue weighted by Gasteiger charge is -2.13. The highest BCUT2D eigenvalue weighted by Gasteiger charge is 2.09. The van der Waals surface area contributed by atoms with Crippen LogP contribution in [0, 0.1) is 11.3 Å². The van der Waals surface area contributed by atoms with Crippen molar-refractivity contribution in [1.82, 2.24) is 0 Å². The van der Waals surface area contributed by atoms with E-state index in [1.807, 2.05) is 49.4 Å². The van der Waals surface area contributed by atoms with Gasteiger partial charge in [-0.1, -0.05) is 59.1 Å². The van der Waals surface area contributed by atoms with E-state index >= 15 is 0 Å². The summed E-state index contributed by atoms with van der Waals surface area (Å²) in [5.41, 5.74) is 2.95. The van der Waals surface area contributed by atoms with Crippen LogP contribution in [-0.4, -0.2) is 6.61 Å². The van der Waals surface area contributed by atoms with Crippen molar-refractivity contribution in [1.29, 1.82) is 5.26 Å². The van der Waals surface area contributed by atoms with E-state index in [0.717, 1.165) is 11.1 Å². The van der Waals surface area contributed by atoms with Crippen molar-refractivity contribution in [3.05, 3.63) is 92.4 Å². The number of hydrogen-bond acceptors (Lipinski definition) is 3. The zero-order valence-corrected chi connectivity index (χ0v) is 18.4. The number of halogens is 3. The fraction of sp³-hybridized carbons (Fsp3) is 0.125. The van der Waals surface area contributed by atoms with E-state index in [0.29, 0.717) is 50.9 Å². The van der Waals surface area contributed by atoms with Gasteiger partial charge in [-0.2, -0.15) is 5.26 Å². The molecule has 6 heteroatoms. The first kappa shape index (κ1) is 22.1. The highest BCUT2D eigenvalue weighted by atomic mass is 35.5. The second-order valence-corrected chi connectivity index (χ2v) is 7.60. The van der Waals surface area contributed by atoms with Gasteiger partial charge in [0.05, 0.1) is 28.3 Å². The predicted octanol–water partition coefficient (Wildman–Crippen LogP) is 7.69. The van der Waals surface area contributed by atoms with Gasteiger partial charge >= 0.3 is 0 Å². The van der Waals surface area contributed by atoms with Gasteiger partial charge in [0.1, 0.15) is 6.61 Å². The van der Waals surface area contributed by atoms with Crippen LogP contribution in [-0.2, 0) is 6.61 Å². The van der Waals surface area contributed by atoms with Crippen molar-refractivity contribution in [2.75, 3.05) is 6.61 Å². The largest absolute Gasteiger partial charge is 0.490 e. The Balaban J connectivity index is 1.85. The second kappa shape index (κ2) is 10.4. The molecule has 0 bridgehead atoms. The summed E-state index contributed by atoms with van der Waals surface area (Å²) >= 11 is 18.0. The van der Waals surface area contributed by atoms with Crippen LogP contribution in [0.15, 0.2) is 60.7 Å². The molecule has 0 amide bonds. The first-order valence-electron chi connectivity index (χ1n) is 9.21. The summed E-state index contributed by atoms with van der Waals surface area (Å²) in [7, 11) is 0. The SMILES string of the molecule is CCOc1cc(/C=C(/C#N)c2ccc(Cl)c(Cl)c2)ccc1OCc1ccc(Cl)cc1. The Hall–Kier alpha value is -2.64. The molecule has 0 fully saturated rings. The van der Waals surface area contributed by atoms with Crippen molar-refractivity contribution in [2.24, 2.45) is 0 Å². The van der Waals surface area contributed by atoms with Crippen LogP contribution in [0.2, 0.25) is 15.1 Å². The number of benzene rings is 3. The second-order valence-electron chi connectivity index (χ2n) is 6.35. The van der Waals surface area contributed by atoms with Crippen molar-refractivity contribution >= 4 is 46.5 Å². The average Bonchev–Trinajstić information content (AvgIpc) is 2.75. The highest BCUT2D eigenvalue weighted by Crippen LogP contribution is 2.32. The molecule has 30 heavy (non-hydrogen) atoms. The molecule has 0 aromatic heterocycles. The minimum Gasteiger partial charge on any atom is -0.490 e. The van der Waals surface area contributed by atoms with E-state index in [4.69, 9.17) is 44.3 Å². The van der Waals surface area contributed by atoms with Crippen LogP contribution >= 0.6 is 34.8 Å². The normalized spacial score (nSPS) is 11.1. The molecular formula is C24H18Cl3NO2. The lowest BCUT2D eigenvalue weighted by Crippen LogP contribution is -2.00. The smallest absolute Gasteiger partial charge is 0.161 e. The first-order chi connectivity index (χ1) is 14.5. The summed E-state index contributed by atoms with van der Waals surface area (Å²) in [4.78, 5) is 0. The van der Waals surface area contributed by atoms with E-state index in [-0.39, 0.29) is 0 Å². The number of allylic oxidation sites excluding steroid dienone is 1. The molecule has 0 aliphatic heterocycles. The van der Waals surface area contributed by atoms with Crippen molar-refractivity contribution in [3.8, 4) is 17.6 Å². The maximum absolute atomic E-state index is 9.60. The first-order valence-corrected chi connectivity index (χ1v) is 10.3. The third-order valence-electron chi connectivity index (χ3n) is 4.24. The van der Waals surface area contributed by atoms with E-state index in [1.54, 1.807) is 24.3 Å². The van der Waals surface area contributed by atoms with Crippen LogP contribution in [0.1, 0.15) is 23.6 Å². The molecule has 0 unspecified atom stereocenters. The van der Waals surface area contributed by atoms with Crippen molar-refractivity contribution in [2.45, 2.75) is 13.5 Å². The van der Waals surface area contributed by atoms with Gasteiger partial charge in [0, 0.05) is 5.02 Å². The Morgan fingerprint density at radius 3 is 2.33 bits per heavy atom. The zero-order chi connectivity index (χ0) is 21.5. The van der Waals surface area contributed by atoms with Gasteiger partial charge in [-0.05, 0) is 66.1 Å². The van der Waals surface area contributed by atoms with Gasteiger partial charge in [0.25, 0.3) is 0 Å². The Bertz CT molecular complexity index is 1100. The summed E-state index contributed by atoms with van der Waals surface area (Å²) in [6, 6.07) is 20.3. The predicted molar refractivity (Wildman–Crippen MR) is 123 cm³/mol. The molecule has 0 radical (unpaired) electrons. The molecule has 0 aliphatic rings. The molecule has 0 N–H and O–H groups in total. The molecule has 3 rings (SSSR count). The zero-order valence-electron chi connectivity index (χ0n) is 16.2. The topological polar surface area (TPSA) is 42.2 Å². The monoisotopic (exact) mass is 457 g/mol. The Kier molecular flexibility index (Phi) is 7.65. The quantitative estimate of drug-likeness (QED) is 0.269. The van der Waals surface area contributed by atoms with Gasteiger partial charge in [-0.15, -0.1) is 0 Å². The van der Waals surface area contributed by atoms with Crippen molar-refractivity contribution < 1.29 is 9.47 Å². The molecule has 0 spiro atoms. The summed E-state index contributed by atoms with van der Waals surface area (Å²) in [5, 5.41) is 11.1. The maximum Gasteiger partial charge on any atom is 0.161 e. The molecule has 0 aliphatic carbocycles. The minimum absolute atomic E-state index is 0.388. The minimum atomic E-state index is 0.388. The average molecular weight is 459 g/mol. The molecule has 3 aromatic carbocycles. The van der Waals surface area contributed by atoms with Crippen LogP contribution in [0.3, 0.4) is 0 Å². The molecule has 0 saturated carbocycles. The fourth-order valence-electron chi connectivity index (χ4n) is 2.75. The van der Waals surface area contributed by atoms with E-state index < -0.39 is 0 Å². The number of nitriles is 1. The lowest BCUT2D eigenvalue weighted by atomic mass is 10.0. The van der Waals surface area contributed by atoms with E-state index in [1.165, 1.54) is 0 Å². The van der Waals surface area contributed by atoms with E-state index in [2.05, 4.69) is 6.07 Å². The molecule has 0 atom stereocenters. The highest BCUT2D eigenvalue weighted by molar-refractivity contribution is 6.42. The van der Waals surface area contributed by atoms with Crippen LogP contribution in [0.4, 0.5) is 0 Å². The molecule has 3 nitrogen and oxygen atoms in total. The maximum atomic E-state index is 9.60. The van der Waals surface area contributed by atoms with Gasteiger partial charge in [-0.3, -0.25) is 0 Å². The Labute approximate surface area is 191 Å². The summed E-state index contributed by atoms with van der Waals surface area (Å²) in [5.74, 6) is 1.23. The molecular weight excluding hydrogens is 441 g/mol. The fourth-order valence-corrected chi connectivity index (χ4v) is 3.18. The number of rotatable bonds is 7. The van der Waals surface area contributed by atoms with Crippen LogP contribution < -0.4 is 9.47 Å². The molecule has 0 saturated heterocycles. The van der Waals surface area contributed by atoms with Gasteiger partial charge in [-0.25, -0.2) is 0 Å². The lowest BCUT2D eigenvalue weighted by molar-refractivity contribution is 0.269. The summed E-state index contributed by atoms with van der Waals surface area (Å²) in [6.45, 7) is 2.78. The number of hydrogen-bond donors (Lipinski definition) is 0. The van der Waals surface area contributed by atoms with Crippen molar-refractivity contribution in [3.63, 3.8) is 0 Å². The van der Waals surface area contributed by atoms with Crippen LogP contribution in [0.5, 0.6) is 11.5 Å². The molecule has 0 heterocycles. The molecule has 152 valence electrons. The molecule has 3 aromatic rings. The third-order valence-corrected chi connectivity index (χ3v) is 5.23. The summed E-state index contributed by atoms with van der Waals surface area (Å²) in [6.07, 6.45) is 1.77.